The van der Waals surface area contributed by atoms with Gasteiger partial charge in [0.15, 0.2) is 0 Å². The number of nitriles is 1. The van der Waals surface area contributed by atoms with Crippen molar-refractivity contribution in [3.05, 3.63) is 34.4 Å². The van der Waals surface area contributed by atoms with Crippen LogP contribution in [0.1, 0.15) is 35.6 Å². The second-order valence-corrected chi connectivity index (χ2v) is 3.76. The van der Waals surface area contributed by atoms with E-state index in [2.05, 4.69) is 0 Å². The lowest BCUT2D eigenvalue weighted by Gasteiger charge is -2.14. The third kappa shape index (κ3) is 3.48. The molecule has 0 unspecified atom stereocenters. The molecule has 1 rings (SSSR count). The summed E-state index contributed by atoms with van der Waals surface area (Å²) in [6.07, 6.45) is -2.93. The van der Waals surface area contributed by atoms with Gasteiger partial charge in [0.2, 0.25) is 0 Å². The smallest absolute Gasteiger partial charge is 0.310 e. The molecule has 0 radical (unpaired) electrons. The molecular weight excluding hydrogens is 254 g/mol. The van der Waals surface area contributed by atoms with Crippen molar-refractivity contribution in [3.63, 3.8) is 0 Å². The van der Waals surface area contributed by atoms with Crippen LogP contribution in [-0.4, -0.2) is 12.6 Å². The average molecular weight is 268 g/mol. The first kappa shape index (κ1) is 15.1. The van der Waals surface area contributed by atoms with Gasteiger partial charge in [0.05, 0.1) is 24.7 Å². The zero-order valence-electron chi connectivity index (χ0n) is 10.5. The van der Waals surface area contributed by atoms with Gasteiger partial charge < -0.3 is 10.5 Å². The number of carbonyl (C=O) groups excluding carboxylic acids is 1. The van der Waals surface area contributed by atoms with Crippen molar-refractivity contribution in [2.24, 2.45) is 5.73 Å². The van der Waals surface area contributed by atoms with Crippen LogP contribution in [0.5, 0.6) is 0 Å². The maximum absolute atomic E-state index is 12.9. The summed E-state index contributed by atoms with van der Waals surface area (Å²) in [6, 6.07) is 4.32. The van der Waals surface area contributed by atoms with Crippen LogP contribution < -0.4 is 5.73 Å². The van der Waals surface area contributed by atoms with E-state index in [9.17, 15) is 13.6 Å². The quantitative estimate of drug-likeness (QED) is 0.829. The summed E-state index contributed by atoms with van der Waals surface area (Å²) in [5, 5.41) is 8.98. The normalized spacial score (nSPS) is 10.3. The van der Waals surface area contributed by atoms with Crippen LogP contribution in [0.15, 0.2) is 12.1 Å². The summed E-state index contributed by atoms with van der Waals surface area (Å²) in [7, 11) is 0. The highest BCUT2D eigenvalue weighted by Gasteiger charge is 2.20. The molecule has 19 heavy (non-hydrogen) atoms. The summed E-state index contributed by atoms with van der Waals surface area (Å²) >= 11 is 0. The molecule has 0 aliphatic heterocycles. The van der Waals surface area contributed by atoms with E-state index in [4.69, 9.17) is 15.7 Å². The first-order valence-corrected chi connectivity index (χ1v) is 5.73. The number of halogens is 2. The Morgan fingerprint density at radius 3 is 2.63 bits per heavy atom. The minimum absolute atomic E-state index is 0.141. The van der Waals surface area contributed by atoms with E-state index in [0.717, 1.165) is 0 Å². The highest BCUT2D eigenvalue weighted by atomic mass is 19.3. The Labute approximate surface area is 109 Å². The highest BCUT2D eigenvalue weighted by molar-refractivity contribution is 5.74. The maximum Gasteiger partial charge on any atom is 0.310 e. The minimum atomic E-state index is -2.70. The van der Waals surface area contributed by atoms with Gasteiger partial charge in [-0.2, -0.15) is 5.26 Å². The van der Waals surface area contributed by atoms with Gasteiger partial charge in [-0.05, 0) is 24.1 Å². The number of hydrogen-bond donors (Lipinski definition) is 1. The molecule has 0 saturated carbocycles. The summed E-state index contributed by atoms with van der Waals surface area (Å²) in [6.45, 7) is 1.67. The number of esters is 1. The molecular formula is C13H14F2N2O2. The van der Waals surface area contributed by atoms with Crippen molar-refractivity contribution in [2.75, 3.05) is 6.61 Å². The number of benzene rings is 1. The van der Waals surface area contributed by atoms with E-state index < -0.39 is 12.4 Å². The van der Waals surface area contributed by atoms with Crippen molar-refractivity contribution in [1.29, 1.82) is 5.26 Å². The SMILES string of the molecule is CCOC(=O)Cc1c(C#N)ccc(C(F)F)c1CN. The Morgan fingerprint density at radius 1 is 1.47 bits per heavy atom. The molecule has 1 aromatic rings. The maximum atomic E-state index is 12.9. The lowest BCUT2D eigenvalue weighted by atomic mass is 9.94. The molecule has 0 heterocycles. The summed E-state index contributed by atoms with van der Waals surface area (Å²) in [5.41, 5.74) is 5.75. The summed E-state index contributed by atoms with van der Waals surface area (Å²) in [5.74, 6) is -0.569. The van der Waals surface area contributed by atoms with Crippen LogP contribution in [0.4, 0.5) is 8.78 Å². The lowest BCUT2D eigenvalue weighted by Crippen LogP contribution is -2.14. The standard InChI is InChI=1S/C13H14F2N2O2/c1-2-19-12(18)5-10-8(6-16)3-4-9(13(14)15)11(10)7-17/h3-4,13H,2,5,7,17H2,1H3. The van der Waals surface area contributed by atoms with Crippen LogP contribution >= 0.6 is 0 Å². The Morgan fingerprint density at radius 2 is 2.16 bits per heavy atom. The van der Waals surface area contributed by atoms with Crippen molar-refractivity contribution >= 4 is 5.97 Å². The molecule has 0 aliphatic rings. The fourth-order valence-electron chi connectivity index (χ4n) is 1.82. The van der Waals surface area contributed by atoms with Crippen LogP contribution in [0.2, 0.25) is 0 Å². The Kier molecular flexibility index (Phi) is 5.39. The lowest BCUT2D eigenvalue weighted by molar-refractivity contribution is -0.142. The van der Waals surface area contributed by atoms with E-state index in [1.165, 1.54) is 12.1 Å². The van der Waals surface area contributed by atoms with Gasteiger partial charge >= 0.3 is 5.97 Å². The molecule has 1 aromatic carbocycles. The fraction of sp³-hybridized carbons (Fsp3) is 0.385. The second kappa shape index (κ2) is 6.81. The van der Waals surface area contributed by atoms with E-state index in [0.29, 0.717) is 0 Å². The molecule has 0 bridgehead atoms. The number of rotatable bonds is 5. The van der Waals surface area contributed by atoms with Gasteiger partial charge in [0.25, 0.3) is 6.43 Å². The molecule has 0 saturated heterocycles. The van der Waals surface area contributed by atoms with Crippen LogP contribution in [-0.2, 0) is 22.5 Å². The zero-order valence-corrected chi connectivity index (χ0v) is 10.5. The van der Waals surface area contributed by atoms with Gasteiger partial charge in [-0.1, -0.05) is 6.07 Å². The van der Waals surface area contributed by atoms with Crippen LogP contribution in [0, 0.1) is 11.3 Å². The molecule has 2 N–H and O–H groups in total. The van der Waals surface area contributed by atoms with Crippen LogP contribution in [0.25, 0.3) is 0 Å². The Bertz CT molecular complexity index is 510. The minimum Gasteiger partial charge on any atom is -0.466 e. The van der Waals surface area contributed by atoms with Gasteiger partial charge in [-0.25, -0.2) is 8.78 Å². The number of ether oxygens (including phenoxy) is 1. The molecule has 0 fully saturated rings. The predicted octanol–water partition coefficient (Wildman–Crippen LogP) is 2.06. The van der Waals surface area contributed by atoms with Crippen molar-refractivity contribution in [2.45, 2.75) is 26.3 Å². The Balaban J connectivity index is 3.28. The summed E-state index contributed by atoms with van der Waals surface area (Å²) in [4.78, 5) is 11.5. The molecule has 0 spiro atoms. The molecule has 6 heteroatoms. The topological polar surface area (TPSA) is 76.1 Å². The summed E-state index contributed by atoms with van der Waals surface area (Å²) < 4.78 is 30.5. The van der Waals surface area contributed by atoms with Gasteiger partial charge in [-0.15, -0.1) is 0 Å². The van der Waals surface area contributed by atoms with Gasteiger partial charge in [-0.3, -0.25) is 4.79 Å². The third-order valence-corrected chi connectivity index (χ3v) is 2.65. The molecule has 0 aromatic heterocycles. The molecule has 0 aliphatic carbocycles. The van der Waals surface area contributed by atoms with Gasteiger partial charge in [0.1, 0.15) is 0 Å². The van der Waals surface area contributed by atoms with Crippen LogP contribution in [0.3, 0.4) is 0 Å². The third-order valence-electron chi connectivity index (χ3n) is 2.65. The first-order valence-electron chi connectivity index (χ1n) is 5.73. The van der Waals surface area contributed by atoms with Crippen molar-refractivity contribution < 1.29 is 18.3 Å². The number of alkyl halides is 2. The van der Waals surface area contributed by atoms with E-state index >= 15 is 0 Å². The number of hydrogen-bond acceptors (Lipinski definition) is 4. The average Bonchev–Trinajstić information content (AvgIpc) is 2.38. The number of nitrogens with two attached hydrogens (primary N) is 1. The molecule has 4 nitrogen and oxygen atoms in total. The van der Waals surface area contributed by atoms with Crippen molar-refractivity contribution in [1.82, 2.24) is 0 Å². The highest BCUT2D eigenvalue weighted by Crippen LogP contribution is 2.28. The molecule has 0 amide bonds. The second-order valence-electron chi connectivity index (χ2n) is 3.76. The number of nitrogens with zero attached hydrogens (tertiary/aromatic N) is 1. The fourth-order valence-corrected chi connectivity index (χ4v) is 1.82. The van der Waals surface area contributed by atoms with E-state index in [1.807, 2.05) is 6.07 Å². The molecule has 102 valence electrons. The zero-order chi connectivity index (χ0) is 14.4. The van der Waals surface area contributed by atoms with E-state index in [1.54, 1.807) is 6.92 Å². The number of carbonyl (C=O) groups is 1. The largest absolute Gasteiger partial charge is 0.466 e. The monoisotopic (exact) mass is 268 g/mol. The van der Waals surface area contributed by atoms with Gasteiger partial charge in [0, 0.05) is 12.1 Å². The Hall–Kier alpha value is -2.00. The first-order chi connectivity index (χ1) is 9.04. The predicted molar refractivity (Wildman–Crippen MR) is 64.3 cm³/mol. The van der Waals surface area contributed by atoms with Crippen molar-refractivity contribution in [3.8, 4) is 6.07 Å². The molecule has 0 atom stereocenters. The van der Waals surface area contributed by atoms with E-state index in [-0.39, 0.29) is 41.8 Å².